The molecule has 1 aromatic carbocycles. The Morgan fingerprint density at radius 1 is 1.29 bits per heavy atom. The molecule has 0 radical (unpaired) electrons. The third-order valence-electron chi connectivity index (χ3n) is 3.85. The van der Waals surface area contributed by atoms with E-state index in [2.05, 4.69) is 10.3 Å². The number of likely N-dealkylation sites (N-methyl/N-ethyl adjacent to an activating group) is 1. The van der Waals surface area contributed by atoms with Crippen LogP contribution in [0.2, 0.25) is 0 Å². The minimum atomic E-state index is -0.468. The summed E-state index contributed by atoms with van der Waals surface area (Å²) in [5, 5.41) is 2.65. The van der Waals surface area contributed by atoms with Crippen molar-refractivity contribution in [2.24, 2.45) is 0 Å². The zero-order valence-electron chi connectivity index (χ0n) is 13.2. The van der Waals surface area contributed by atoms with Crippen molar-refractivity contribution in [2.75, 3.05) is 29.9 Å². The number of pyridine rings is 1. The number of carbonyl (C=O) groups is 2. The highest BCUT2D eigenvalue weighted by Gasteiger charge is 2.28. The lowest BCUT2D eigenvalue weighted by molar-refractivity contribution is 0.102. The zero-order chi connectivity index (χ0) is 17.1. The molecule has 124 valence electrons. The van der Waals surface area contributed by atoms with Crippen molar-refractivity contribution in [3.63, 3.8) is 0 Å². The average molecular weight is 328 g/mol. The summed E-state index contributed by atoms with van der Waals surface area (Å²) in [6.07, 6.45) is 1.48. The van der Waals surface area contributed by atoms with Crippen LogP contribution in [-0.2, 0) is 0 Å². The lowest BCUT2D eigenvalue weighted by atomic mass is 10.2. The Kier molecular flexibility index (Phi) is 4.41. The van der Waals surface area contributed by atoms with Gasteiger partial charge in [-0.2, -0.15) is 0 Å². The van der Waals surface area contributed by atoms with Gasteiger partial charge in [0, 0.05) is 25.2 Å². The van der Waals surface area contributed by atoms with Crippen molar-refractivity contribution in [1.82, 2.24) is 9.88 Å². The van der Waals surface area contributed by atoms with Crippen LogP contribution in [0.5, 0.6) is 0 Å². The smallest absolute Gasteiger partial charge is 0.323 e. The van der Waals surface area contributed by atoms with Crippen LogP contribution in [0, 0.1) is 5.82 Å². The van der Waals surface area contributed by atoms with Gasteiger partial charge >= 0.3 is 6.03 Å². The largest absolute Gasteiger partial charge is 0.325 e. The number of amides is 3. The zero-order valence-corrected chi connectivity index (χ0v) is 13.2. The molecule has 3 rings (SSSR count). The molecule has 1 saturated heterocycles. The SMILES string of the molecule is CCN1CCN(c2ccc(NC(=O)c3cccc(F)c3)cn2)C1=O. The van der Waals surface area contributed by atoms with Crippen molar-refractivity contribution in [2.45, 2.75) is 6.92 Å². The van der Waals surface area contributed by atoms with Crippen LogP contribution in [0.3, 0.4) is 0 Å². The van der Waals surface area contributed by atoms with Gasteiger partial charge in [-0.15, -0.1) is 0 Å². The van der Waals surface area contributed by atoms with Crippen molar-refractivity contribution in [1.29, 1.82) is 0 Å². The molecule has 0 atom stereocenters. The normalized spacial score (nSPS) is 14.2. The molecule has 1 aliphatic rings. The molecule has 1 aromatic heterocycles. The number of aromatic nitrogens is 1. The third-order valence-corrected chi connectivity index (χ3v) is 3.85. The first-order valence-corrected chi connectivity index (χ1v) is 7.68. The van der Waals surface area contributed by atoms with Gasteiger partial charge in [0.15, 0.2) is 0 Å². The number of nitrogens with one attached hydrogen (secondary N) is 1. The van der Waals surface area contributed by atoms with E-state index < -0.39 is 11.7 Å². The number of carbonyl (C=O) groups excluding carboxylic acids is 2. The number of hydrogen-bond donors (Lipinski definition) is 1. The fraction of sp³-hybridized carbons (Fsp3) is 0.235. The number of hydrogen-bond acceptors (Lipinski definition) is 3. The lowest BCUT2D eigenvalue weighted by Gasteiger charge is -2.16. The van der Waals surface area contributed by atoms with E-state index in [1.165, 1.54) is 30.5 Å². The number of benzene rings is 1. The number of halogens is 1. The van der Waals surface area contributed by atoms with Gasteiger partial charge < -0.3 is 10.2 Å². The fourth-order valence-electron chi connectivity index (χ4n) is 2.54. The standard InChI is InChI=1S/C17H17FN4O2/c1-2-21-8-9-22(17(21)24)15-7-6-14(11-19-15)20-16(23)12-4-3-5-13(18)10-12/h3-7,10-11H,2,8-9H2,1H3,(H,20,23). The molecule has 1 aliphatic heterocycles. The molecule has 6 nitrogen and oxygen atoms in total. The molecule has 3 amide bonds. The monoisotopic (exact) mass is 328 g/mol. The highest BCUT2D eigenvalue weighted by molar-refractivity contribution is 6.04. The number of nitrogens with zero attached hydrogens (tertiary/aromatic N) is 3. The van der Waals surface area contributed by atoms with Gasteiger partial charge in [0.1, 0.15) is 11.6 Å². The maximum Gasteiger partial charge on any atom is 0.325 e. The Hall–Kier alpha value is -2.96. The van der Waals surface area contributed by atoms with Gasteiger partial charge in [-0.25, -0.2) is 14.2 Å². The van der Waals surface area contributed by atoms with Crippen LogP contribution < -0.4 is 10.2 Å². The maximum atomic E-state index is 13.2. The lowest BCUT2D eigenvalue weighted by Crippen LogP contribution is -2.32. The summed E-state index contributed by atoms with van der Waals surface area (Å²) in [6.45, 7) is 3.86. The molecule has 1 fully saturated rings. The van der Waals surface area contributed by atoms with Gasteiger partial charge in [0.05, 0.1) is 11.9 Å². The van der Waals surface area contributed by atoms with Crippen LogP contribution in [0.1, 0.15) is 17.3 Å². The molecule has 0 aliphatic carbocycles. The summed E-state index contributed by atoms with van der Waals surface area (Å²) in [6, 6.07) is 8.73. The van der Waals surface area contributed by atoms with Crippen LogP contribution in [0.25, 0.3) is 0 Å². The van der Waals surface area contributed by atoms with Crippen LogP contribution in [0.15, 0.2) is 42.6 Å². The highest BCUT2D eigenvalue weighted by Crippen LogP contribution is 2.19. The van der Waals surface area contributed by atoms with Gasteiger partial charge in [0.25, 0.3) is 5.91 Å². The van der Waals surface area contributed by atoms with E-state index in [0.717, 1.165) is 0 Å². The predicted octanol–water partition coefficient (Wildman–Crippen LogP) is 2.73. The van der Waals surface area contributed by atoms with E-state index in [1.807, 2.05) is 6.92 Å². The molecular weight excluding hydrogens is 311 g/mol. The summed E-state index contributed by atoms with van der Waals surface area (Å²) in [4.78, 5) is 31.8. The fourth-order valence-corrected chi connectivity index (χ4v) is 2.54. The van der Waals surface area contributed by atoms with E-state index in [4.69, 9.17) is 0 Å². The van der Waals surface area contributed by atoms with E-state index in [-0.39, 0.29) is 11.6 Å². The number of urea groups is 1. The summed E-state index contributed by atoms with van der Waals surface area (Å²) < 4.78 is 13.2. The van der Waals surface area contributed by atoms with E-state index in [1.54, 1.807) is 21.9 Å². The van der Waals surface area contributed by atoms with Crippen LogP contribution >= 0.6 is 0 Å². The molecule has 24 heavy (non-hydrogen) atoms. The second-order valence-corrected chi connectivity index (χ2v) is 5.38. The summed E-state index contributed by atoms with van der Waals surface area (Å²) in [5.41, 5.74) is 0.708. The Morgan fingerprint density at radius 2 is 2.12 bits per heavy atom. The van der Waals surface area contributed by atoms with E-state index >= 15 is 0 Å². The first kappa shape index (κ1) is 15.9. The molecule has 1 N–H and O–H groups in total. The Bertz CT molecular complexity index is 763. The molecule has 2 heterocycles. The molecule has 0 unspecified atom stereocenters. The Labute approximate surface area is 138 Å². The van der Waals surface area contributed by atoms with Crippen LogP contribution in [-0.4, -0.2) is 41.5 Å². The number of rotatable bonds is 4. The average Bonchev–Trinajstić information content (AvgIpc) is 2.96. The van der Waals surface area contributed by atoms with Crippen LogP contribution in [0.4, 0.5) is 20.7 Å². The summed E-state index contributed by atoms with van der Waals surface area (Å²) in [5.74, 6) is -0.345. The van der Waals surface area contributed by atoms with E-state index in [9.17, 15) is 14.0 Å². The quantitative estimate of drug-likeness (QED) is 0.938. The second kappa shape index (κ2) is 6.66. The minimum Gasteiger partial charge on any atom is -0.323 e. The molecule has 0 spiro atoms. The molecule has 0 bridgehead atoms. The topological polar surface area (TPSA) is 65.5 Å². The minimum absolute atomic E-state index is 0.0680. The predicted molar refractivity (Wildman–Crippen MR) is 88.6 cm³/mol. The number of anilines is 2. The van der Waals surface area contributed by atoms with Gasteiger partial charge in [-0.05, 0) is 37.3 Å². The highest BCUT2D eigenvalue weighted by atomic mass is 19.1. The second-order valence-electron chi connectivity index (χ2n) is 5.38. The first-order valence-electron chi connectivity index (χ1n) is 7.68. The van der Waals surface area contributed by atoms with E-state index in [0.29, 0.717) is 31.1 Å². The molecule has 2 aromatic rings. The molecule has 7 heteroatoms. The summed E-state index contributed by atoms with van der Waals surface area (Å²) >= 11 is 0. The Balaban J connectivity index is 1.69. The maximum absolute atomic E-state index is 13.2. The van der Waals surface area contributed by atoms with Crippen molar-refractivity contribution in [3.8, 4) is 0 Å². The molecular formula is C17H17FN4O2. The summed E-state index contributed by atoms with van der Waals surface area (Å²) in [7, 11) is 0. The first-order chi connectivity index (χ1) is 11.6. The van der Waals surface area contributed by atoms with Crippen molar-refractivity contribution < 1.29 is 14.0 Å². The third kappa shape index (κ3) is 3.19. The van der Waals surface area contributed by atoms with Gasteiger partial charge in [-0.3, -0.25) is 9.69 Å². The van der Waals surface area contributed by atoms with Gasteiger partial charge in [0.2, 0.25) is 0 Å². The Morgan fingerprint density at radius 3 is 2.75 bits per heavy atom. The van der Waals surface area contributed by atoms with Crippen molar-refractivity contribution in [3.05, 3.63) is 54.0 Å². The van der Waals surface area contributed by atoms with Gasteiger partial charge in [-0.1, -0.05) is 6.07 Å². The molecule has 0 saturated carbocycles. The van der Waals surface area contributed by atoms with Crippen molar-refractivity contribution >= 4 is 23.4 Å².